The van der Waals surface area contributed by atoms with Crippen LogP contribution in [-0.2, 0) is 6.61 Å². The van der Waals surface area contributed by atoms with Gasteiger partial charge in [-0.3, -0.25) is 4.79 Å². The van der Waals surface area contributed by atoms with Gasteiger partial charge in [-0.25, -0.2) is 8.78 Å². The first-order valence-electron chi connectivity index (χ1n) is 7.97. The largest absolute Gasteiger partial charge is 0.486 e. The van der Waals surface area contributed by atoms with Gasteiger partial charge in [-0.2, -0.15) is 10.5 Å². The van der Waals surface area contributed by atoms with Gasteiger partial charge in [0.15, 0.2) is 11.6 Å². The molecule has 0 unspecified atom stereocenters. The second-order valence-electron chi connectivity index (χ2n) is 5.78. The molecule has 0 bridgehead atoms. The Morgan fingerprint density at radius 2 is 1.71 bits per heavy atom. The van der Waals surface area contributed by atoms with E-state index < -0.39 is 17.2 Å². The summed E-state index contributed by atoms with van der Waals surface area (Å²) in [5.74, 6) is -1.73. The molecule has 0 aliphatic rings. The second-order valence-corrected chi connectivity index (χ2v) is 5.78. The summed E-state index contributed by atoms with van der Waals surface area (Å²) in [5, 5.41) is 18.6. The van der Waals surface area contributed by atoms with Gasteiger partial charge in [0.05, 0.1) is 0 Å². The van der Waals surface area contributed by atoms with Crippen LogP contribution in [0, 0.1) is 34.3 Å². The molecule has 0 spiro atoms. The lowest BCUT2D eigenvalue weighted by atomic mass is 9.96. The minimum Gasteiger partial charge on any atom is -0.486 e. The maximum Gasteiger partial charge on any atom is 0.268 e. The van der Waals surface area contributed by atoms with Gasteiger partial charge >= 0.3 is 0 Å². The van der Waals surface area contributed by atoms with Gasteiger partial charge in [0.25, 0.3) is 5.56 Å². The summed E-state index contributed by atoms with van der Waals surface area (Å²) in [6, 6.07) is 13.1. The van der Waals surface area contributed by atoms with Crippen molar-refractivity contribution in [2.24, 2.45) is 0 Å². The predicted molar refractivity (Wildman–Crippen MR) is 97.0 cm³/mol. The molecule has 0 aliphatic heterocycles. The van der Waals surface area contributed by atoms with Crippen LogP contribution in [0.25, 0.3) is 11.1 Å². The molecule has 138 valence electrons. The fourth-order valence-corrected chi connectivity index (χ4v) is 2.65. The Hall–Kier alpha value is -4.17. The number of benzene rings is 2. The Morgan fingerprint density at radius 1 is 1.04 bits per heavy atom. The van der Waals surface area contributed by atoms with E-state index in [9.17, 15) is 24.1 Å². The average molecular weight is 378 g/mol. The molecule has 0 saturated heterocycles. The van der Waals surface area contributed by atoms with E-state index in [1.54, 1.807) is 30.3 Å². The van der Waals surface area contributed by atoms with Crippen molar-refractivity contribution in [1.82, 2.24) is 4.98 Å². The number of pyridine rings is 1. The molecule has 28 heavy (non-hydrogen) atoms. The van der Waals surface area contributed by atoms with Gasteiger partial charge in [-0.1, -0.05) is 24.3 Å². The highest BCUT2D eigenvalue weighted by Crippen LogP contribution is 2.28. The van der Waals surface area contributed by atoms with E-state index in [1.807, 2.05) is 6.07 Å². The summed E-state index contributed by atoms with van der Waals surface area (Å²) < 4.78 is 31.9. The number of rotatable bonds is 4. The number of nitrogens with one attached hydrogen (secondary N) is 1. The van der Waals surface area contributed by atoms with Gasteiger partial charge in [0.2, 0.25) is 0 Å². The maximum absolute atomic E-state index is 13.6. The van der Waals surface area contributed by atoms with Crippen molar-refractivity contribution in [1.29, 1.82) is 10.5 Å². The van der Waals surface area contributed by atoms with Crippen molar-refractivity contribution in [2.45, 2.75) is 6.61 Å². The standard InChI is InChI=1S/C20H12F2N4O2/c21-13-5-6-17(16(22)7-13)28-10-11-1-3-12(4-2-11)18-14(8-23)19(25)26-20(27)15(18)9-24/h1-7H,10H2,(H3,25,26,27). The fourth-order valence-electron chi connectivity index (χ4n) is 2.65. The minimum atomic E-state index is -0.812. The van der Waals surface area contributed by atoms with E-state index in [2.05, 4.69) is 4.98 Å². The molecular formula is C20H12F2N4O2. The molecule has 0 atom stereocenters. The average Bonchev–Trinajstić information content (AvgIpc) is 2.67. The Balaban J connectivity index is 1.91. The van der Waals surface area contributed by atoms with E-state index in [-0.39, 0.29) is 34.9 Å². The number of anilines is 1. The molecule has 0 saturated carbocycles. The number of hydrogen-bond acceptors (Lipinski definition) is 5. The van der Waals surface area contributed by atoms with E-state index in [4.69, 9.17) is 10.5 Å². The van der Waals surface area contributed by atoms with Gasteiger partial charge in [0, 0.05) is 11.6 Å². The van der Waals surface area contributed by atoms with E-state index in [0.29, 0.717) is 11.1 Å². The predicted octanol–water partition coefficient (Wildman–Crippen LogP) is 3.22. The number of nitriles is 2. The first-order valence-corrected chi connectivity index (χ1v) is 7.97. The molecule has 0 amide bonds. The molecule has 2 aromatic carbocycles. The van der Waals surface area contributed by atoms with Crippen LogP contribution < -0.4 is 16.0 Å². The Labute approximate surface area is 158 Å². The molecule has 6 nitrogen and oxygen atoms in total. The van der Waals surface area contributed by atoms with Gasteiger partial charge in [0.1, 0.15) is 41.5 Å². The van der Waals surface area contributed by atoms with Crippen LogP contribution in [0.1, 0.15) is 16.7 Å². The van der Waals surface area contributed by atoms with Crippen molar-refractivity contribution in [3.63, 3.8) is 0 Å². The first-order chi connectivity index (χ1) is 13.4. The van der Waals surface area contributed by atoms with Crippen LogP contribution in [0.3, 0.4) is 0 Å². The number of nitrogen functional groups attached to an aromatic ring is 1. The number of aromatic nitrogens is 1. The Kier molecular flexibility index (Phi) is 5.05. The molecule has 3 aromatic rings. The third-order valence-electron chi connectivity index (χ3n) is 4.00. The first kappa shape index (κ1) is 18.6. The highest BCUT2D eigenvalue weighted by Gasteiger charge is 2.18. The quantitative estimate of drug-likeness (QED) is 0.723. The summed E-state index contributed by atoms with van der Waals surface area (Å²) in [4.78, 5) is 14.2. The molecular weight excluding hydrogens is 366 g/mol. The lowest BCUT2D eigenvalue weighted by molar-refractivity contribution is 0.289. The zero-order valence-corrected chi connectivity index (χ0v) is 14.3. The number of aromatic amines is 1. The molecule has 8 heteroatoms. The van der Waals surface area contributed by atoms with Gasteiger partial charge in [-0.05, 0) is 23.3 Å². The lowest BCUT2D eigenvalue weighted by Crippen LogP contribution is -2.16. The van der Waals surface area contributed by atoms with Crippen molar-refractivity contribution in [2.75, 3.05) is 5.73 Å². The van der Waals surface area contributed by atoms with Crippen molar-refractivity contribution in [3.8, 4) is 29.0 Å². The normalized spacial score (nSPS) is 10.1. The summed E-state index contributed by atoms with van der Waals surface area (Å²) in [6.07, 6.45) is 0. The van der Waals surface area contributed by atoms with Crippen LogP contribution in [-0.4, -0.2) is 4.98 Å². The monoisotopic (exact) mass is 378 g/mol. The van der Waals surface area contributed by atoms with Crippen LogP contribution in [0.5, 0.6) is 5.75 Å². The molecule has 0 fully saturated rings. The Bertz CT molecular complexity index is 1190. The third kappa shape index (κ3) is 3.53. The van der Waals surface area contributed by atoms with Gasteiger partial charge < -0.3 is 15.5 Å². The number of H-pyrrole nitrogens is 1. The number of halogens is 2. The summed E-state index contributed by atoms with van der Waals surface area (Å²) in [6.45, 7) is 0.0105. The second kappa shape index (κ2) is 7.60. The highest BCUT2D eigenvalue weighted by atomic mass is 19.1. The van der Waals surface area contributed by atoms with E-state index >= 15 is 0 Å². The maximum atomic E-state index is 13.6. The number of hydrogen-bond donors (Lipinski definition) is 2. The lowest BCUT2D eigenvalue weighted by Gasteiger charge is -2.10. The molecule has 0 radical (unpaired) electrons. The smallest absolute Gasteiger partial charge is 0.268 e. The summed E-state index contributed by atoms with van der Waals surface area (Å²) in [7, 11) is 0. The number of nitrogens with two attached hydrogens (primary N) is 1. The highest BCUT2D eigenvalue weighted by molar-refractivity contribution is 5.80. The molecule has 1 heterocycles. The van der Waals surface area contributed by atoms with Gasteiger partial charge in [-0.15, -0.1) is 0 Å². The van der Waals surface area contributed by atoms with E-state index in [1.165, 1.54) is 6.07 Å². The van der Waals surface area contributed by atoms with Crippen LogP contribution >= 0.6 is 0 Å². The topological polar surface area (TPSA) is 116 Å². The van der Waals surface area contributed by atoms with Crippen molar-refractivity contribution in [3.05, 3.63) is 81.1 Å². The van der Waals surface area contributed by atoms with Crippen LogP contribution in [0.2, 0.25) is 0 Å². The zero-order chi connectivity index (χ0) is 20.3. The van der Waals surface area contributed by atoms with E-state index in [0.717, 1.165) is 12.1 Å². The summed E-state index contributed by atoms with van der Waals surface area (Å²) >= 11 is 0. The summed E-state index contributed by atoms with van der Waals surface area (Å²) in [5.41, 5.74) is 6.02. The zero-order valence-electron chi connectivity index (χ0n) is 14.3. The minimum absolute atomic E-state index is 0.00599. The van der Waals surface area contributed by atoms with Crippen LogP contribution in [0.15, 0.2) is 47.3 Å². The Morgan fingerprint density at radius 3 is 2.32 bits per heavy atom. The molecule has 0 aliphatic carbocycles. The third-order valence-corrected chi connectivity index (χ3v) is 4.00. The molecule has 3 N–H and O–H groups in total. The SMILES string of the molecule is N#Cc1c(N)[nH]c(=O)c(C#N)c1-c1ccc(COc2ccc(F)cc2F)cc1. The van der Waals surface area contributed by atoms with Crippen molar-refractivity contribution >= 4 is 5.82 Å². The molecule has 1 aromatic heterocycles. The number of nitrogens with zero attached hydrogens (tertiary/aromatic N) is 2. The van der Waals surface area contributed by atoms with Crippen molar-refractivity contribution < 1.29 is 13.5 Å². The van der Waals surface area contributed by atoms with Crippen LogP contribution in [0.4, 0.5) is 14.6 Å². The number of ether oxygens (including phenoxy) is 1. The molecule has 3 rings (SSSR count). The fraction of sp³-hybridized carbons (Fsp3) is 0.0500.